The quantitative estimate of drug-likeness (QED) is 0.428. The molecule has 6 heteroatoms. The monoisotopic (exact) mass is 431 g/mol. The third-order valence-corrected chi connectivity index (χ3v) is 4.52. The second-order valence-corrected chi connectivity index (χ2v) is 6.92. The normalized spacial score (nSPS) is 20.9. The van der Waals surface area contributed by atoms with E-state index in [-0.39, 0.29) is 24.0 Å². The summed E-state index contributed by atoms with van der Waals surface area (Å²) in [6.07, 6.45) is 8.20. The molecule has 1 aromatic rings. The van der Waals surface area contributed by atoms with Crippen molar-refractivity contribution in [3.63, 3.8) is 0 Å². The number of guanidine groups is 1. The molecule has 0 amide bonds. The second kappa shape index (κ2) is 8.35. The Kier molecular flexibility index (Phi) is 6.73. The Balaban J connectivity index is 0.00000192. The molecule has 2 N–H and O–H groups in total. The topological polar surface area (TPSA) is 54.2 Å². The molecule has 0 aromatic carbocycles. The minimum absolute atomic E-state index is 0. The maximum absolute atomic E-state index is 4.75. The lowest BCUT2D eigenvalue weighted by molar-refractivity contribution is 0.499. The minimum atomic E-state index is 0. The SMILES string of the molecule is CCNC(=NCC1CC1)NC1CCc2cn(C(C)C)nc2C1.I. The molecule has 1 unspecified atom stereocenters. The van der Waals surface area contributed by atoms with Crippen LogP contribution in [0.4, 0.5) is 0 Å². The van der Waals surface area contributed by atoms with E-state index in [1.54, 1.807) is 0 Å². The molecule has 0 saturated heterocycles. The molecule has 1 heterocycles. The Hall–Kier alpha value is -0.790. The molecule has 23 heavy (non-hydrogen) atoms. The van der Waals surface area contributed by atoms with Crippen LogP contribution in [0.2, 0.25) is 0 Å². The summed E-state index contributed by atoms with van der Waals surface area (Å²) in [6.45, 7) is 8.37. The number of hydrogen-bond acceptors (Lipinski definition) is 2. The molecule has 1 fully saturated rings. The van der Waals surface area contributed by atoms with Crippen molar-refractivity contribution in [2.45, 2.75) is 65.0 Å². The number of aliphatic imine (C=N–C) groups is 1. The predicted octanol–water partition coefficient (Wildman–Crippen LogP) is 2.90. The van der Waals surface area contributed by atoms with E-state index < -0.39 is 0 Å². The number of halogens is 1. The number of nitrogens with zero attached hydrogens (tertiary/aromatic N) is 3. The summed E-state index contributed by atoms with van der Waals surface area (Å²) in [7, 11) is 0. The van der Waals surface area contributed by atoms with Crippen molar-refractivity contribution < 1.29 is 0 Å². The van der Waals surface area contributed by atoms with Gasteiger partial charge in [0.05, 0.1) is 5.69 Å². The highest BCUT2D eigenvalue weighted by molar-refractivity contribution is 14.0. The molecule has 0 radical (unpaired) electrons. The Morgan fingerprint density at radius 3 is 2.83 bits per heavy atom. The first-order valence-electron chi connectivity index (χ1n) is 8.77. The number of hydrogen-bond donors (Lipinski definition) is 2. The zero-order chi connectivity index (χ0) is 15.5. The number of aryl methyl sites for hydroxylation is 1. The van der Waals surface area contributed by atoms with Crippen LogP contribution in [0.5, 0.6) is 0 Å². The minimum Gasteiger partial charge on any atom is -0.357 e. The van der Waals surface area contributed by atoms with Gasteiger partial charge < -0.3 is 10.6 Å². The summed E-state index contributed by atoms with van der Waals surface area (Å²) >= 11 is 0. The van der Waals surface area contributed by atoms with Crippen LogP contribution in [0.15, 0.2) is 11.2 Å². The highest BCUT2D eigenvalue weighted by Gasteiger charge is 2.24. The van der Waals surface area contributed by atoms with Crippen LogP contribution >= 0.6 is 24.0 Å². The summed E-state index contributed by atoms with van der Waals surface area (Å²) in [5.41, 5.74) is 2.68. The van der Waals surface area contributed by atoms with Gasteiger partial charge in [0, 0.05) is 37.8 Å². The number of rotatable bonds is 5. The molecule has 2 aliphatic carbocycles. The van der Waals surface area contributed by atoms with Gasteiger partial charge in [-0.2, -0.15) is 5.10 Å². The van der Waals surface area contributed by atoms with Gasteiger partial charge in [-0.05, 0) is 57.9 Å². The van der Waals surface area contributed by atoms with Crippen molar-refractivity contribution in [2.24, 2.45) is 10.9 Å². The first-order valence-corrected chi connectivity index (χ1v) is 8.77. The van der Waals surface area contributed by atoms with Crippen molar-refractivity contribution in [3.8, 4) is 0 Å². The molecular weight excluding hydrogens is 401 g/mol. The molecule has 3 rings (SSSR count). The number of aromatic nitrogens is 2. The number of fused-ring (bicyclic) bond motifs is 1. The lowest BCUT2D eigenvalue weighted by atomic mass is 9.94. The molecule has 5 nitrogen and oxygen atoms in total. The molecule has 0 spiro atoms. The summed E-state index contributed by atoms with van der Waals surface area (Å²) < 4.78 is 2.10. The Morgan fingerprint density at radius 2 is 2.17 bits per heavy atom. The van der Waals surface area contributed by atoms with Crippen LogP contribution in [-0.4, -0.2) is 34.9 Å². The van der Waals surface area contributed by atoms with Gasteiger partial charge in [-0.15, -0.1) is 24.0 Å². The van der Waals surface area contributed by atoms with Gasteiger partial charge in [0.1, 0.15) is 0 Å². The lowest BCUT2D eigenvalue weighted by Gasteiger charge is -2.24. The highest BCUT2D eigenvalue weighted by Crippen LogP contribution is 2.28. The number of nitrogens with one attached hydrogen (secondary N) is 2. The summed E-state index contributed by atoms with van der Waals surface area (Å²) in [5, 5.41) is 11.7. The molecule has 1 aromatic heterocycles. The fraction of sp³-hybridized carbons (Fsp3) is 0.765. The van der Waals surface area contributed by atoms with Crippen molar-refractivity contribution in [1.82, 2.24) is 20.4 Å². The maximum atomic E-state index is 4.75. The summed E-state index contributed by atoms with van der Waals surface area (Å²) in [6, 6.07) is 0.884. The fourth-order valence-corrected chi connectivity index (χ4v) is 2.93. The lowest BCUT2D eigenvalue weighted by Crippen LogP contribution is -2.45. The van der Waals surface area contributed by atoms with Gasteiger partial charge >= 0.3 is 0 Å². The molecule has 0 aliphatic heterocycles. The zero-order valence-electron chi connectivity index (χ0n) is 14.5. The predicted molar refractivity (Wildman–Crippen MR) is 106 cm³/mol. The molecule has 1 atom stereocenters. The summed E-state index contributed by atoms with van der Waals surface area (Å²) in [5.74, 6) is 1.81. The van der Waals surface area contributed by atoms with Crippen molar-refractivity contribution >= 4 is 29.9 Å². The first kappa shape index (κ1) is 18.5. The first-order chi connectivity index (χ1) is 10.7. The standard InChI is InChI=1S/C17H29N5.HI/c1-4-18-17(19-10-13-5-6-13)20-15-8-7-14-11-22(12(2)3)21-16(14)9-15;/h11-13,15H,4-10H2,1-3H3,(H2,18,19,20);1H. The van der Waals surface area contributed by atoms with Gasteiger partial charge in [0.25, 0.3) is 0 Å². The smallest absolute Gasteiger partial charge is 0.191 e. The van der Waals surface area contributed by atoms with E-state index in [1.807, 2.05) is 0 Å². The van der Waals surface area contributed by atoms with E-state index in [1.165, 1.54) is 24.1 Å². The fourth-order valence-electron chi connectivity index (χ4n) is 2.93. The average Bonchev–Trinajstić information content (AvgIpc) is 3.22. The van der Waals surface area contributed by atoms with Crippen molar-refractivity contribution in [1.29, 1.82) is 0 Å². The average molecular weight is 431 g/mol. The van der Waals surface area contributed by atoms with E-state index in [0.29, 0.717) is 12.1 Å². The van der Waals surface area contributed by atoms with Gasteiger partial charge in [0.2, 0.25) is 0 Å². The van der Waals surface area contributed by atoms with E-state index in [9.17, 15) is 0 Å². The summed E-state index contributed by atoms with van der Waals surface area (Å²) in [4.78, 5) is 4.73. The Labute approximate surface area is 156 Å². The van der Waals surface area contributed by atoms with E-state index in [4.69, 9.17) is 10.1 Å². The van der Waals surface area contributed by atoms with Crippen LogP contribution in [0.25, 0.3) is 0 Å². The van der Waals surface area contributed by atoms with Gasteiger partial charge in [0.15, 0.2) is 5.96 Å². The molecule has 2 aliphatic rings. The second-order valence-electron chi connectivity index (χ2n) is 6.92. The van der Waals surface area contributed by atoms with Gasteiger partial charge in [-0.3, -0.25) is 9.67 Å². The van der Waals surface area contributed by atoms with E-state index in [2.05, 4.69) is 42.3 Å². The molecule has 0 bridgehead atoms. The van der Waals surface area contributed by atoms with Gasteiger partial charge in [-0.1, -0.05) is 0 Å². The van der Waals surface area contributed by atoms with Crippen molar-refractivity contribution in [3.05, 3.63) is 17.5 Å². The van der Waals surface area contributed by atoms with Crippen LogP contribution < -0.4 is 10.6 Å². The highest BCUT2D eigenvalue weighted by atomic mass is 127. The Morgan fingerprint density at radius 1 is 1.39 bits per heavy atom. The van der Waals surface area contributed by atoms with Crippen LogP contribution in [0.3, 0.4) is 0 Å². The van der Waals surface area contributed by atoms with Crippen LogP contribution in [0, 0.1) is 5.92 Å². The van der Waals surface area contributed by atoms with E-state index in [0.717, 1.165) is 44.2 Å². The van der Waals surface area contributed by atoms with Crippen molar-refractivity contribution in [2.75, 3.05) is 13.1 Å². The van der Waals surface area contributed by atoms with Crippen LogP contribution in [-0.2, 0) is 12.8 Å². The molecular formula is C17H30IN5. The molecule has 130 valence electrons. The third-order valence-electron chi connectivity index (χ3n) is 4.52. The maximum Gasteiger partial charge on any atom is 0.191 e. The van der Waals surface area contributed by atoms with E-state index >= 15 is 0 Å². The third kappa shape index (κ3) is 5.09. The van der Waals surface area contributed by atoms with Gasteiger partial charge in [-0.25, -0.2) is 0 Å². The molecule has 1 saturated carbocycles. The zero-order valence-corrected chi connectivity index (χ0v) is 16.8. The Bertz CT molecular complexity index is 533. The largest absolute Gasteiger partial charge is 0.357 e. The van der Waals surface area contributed by atoms with Crippen LogP contribution in [0.1, 0.15) is 57.3 Å².